The number of carbonyl (C=O) groups is 1. The largest absolute Gasteiger partial charge is 0.495 e. The van der Waals surface area contributed by atoms with Gasteiger partial charge in [-0.15, -0.1) is 21.5 Å². The van der Waals surface area contributed by atoms with Crippen molar-refractivity contribution in [1.29, 1.82) is 0 Å². The van der Waals surface area contributed by atoms with E-state index >= 15 is 0 Å². The van der Waals surface area contributed by atoms with Gasteiger partial charge in [0.25, 0.3) is 0 Å². The van der Waals surface area contributed by atoms with Crippen LogP contribution in [0.25, 0.3) is 27.4 Å². The molecule has 0 aliphatic rings. The molecule has 1 N–H and O–H groups in total. The molecule has 160 valence electrons. The van der Waals surface area contributed by atoms with Crippen molar-refractivity contribution in [1.82, 2.24) is 23.5 Å². The zero-order chi connectivity index (χ0) is 21.9. The van der Waals surface area contributed by atoms with E-state index in [9.17, 15) is 4.79 Å². The van der Waals surface area contributed by atoms with E-state index in [0.29, 0.717) is 27.9 Å². The molecule has 0 aliphatic heterocycles. The molecule has 32 heavy (non-hydrogen) atoms. The van der Waals surface area contributed by atoms with Gasteiger partial charge in [-0.25, -0.2) is 0 Å². The number of hydrogen-bond donors (Lipinski definition) is 1. The van der Waals surface area contributed by atoms with E-state index in [-0.39, 0.29) is 11.7 Å². The first-order valence-electron chi connectivity index (χ1n) is 9.51. The first-order valence-corrected chi connectivity index (χ1v) is 12.1. The maximum atomic E-state index is 12.7. The van der Waals surface area contributed by atoms with Crippen LogP contribution in [0.1, 0.15) is 0 Å². The maximum Gasteiger partial charge on any atom is 0.234 e. The van der Waals surface area contributed by atoms with Crippen LogP contribution in [-0.4, -0.2) is 42.3 Å². The summed E-state index contributed by atoms with van der Waals surface area (Å²) in [7, 11) is 1.63. The summed E-state index contributed by atoms with van der Waals surface area (Å²) in [5.74, 6) is 1.39. The van der Waals surface area contributed by atoms with Gasteiger partial charge in [0.1, 0.15) is 16.8 Å². The molecule has 0 spiro atoms. The SMILES string of the molecule is COc1ccccc1-n1c(SCC(=O)Nc2cccc3nsnc23)nnc1-c1cccs1. The predicted octanol–water partition coefficient (Wildman–Crippen LogP) is 4.74. The van der Waals surface area contributed by atoms with Gasteiger partial charge in [0.2, 0.25) is 5.91 Å². The van der Waals surface area contributed by atoms with Crippen LogP contribution in [0.15, 0.2) is 65.1 Å². The molecule has 0 radical (unpaired) electrons. The summed E-state index contributed by atoms with van der Waals surface area (Å²) in [5.41, 5.74) is 2.90. The number of nitrogens with one attached hydrogen (secondary N) is 1. The van der Waals surface area contributed by atoms with E-state index in [2.05, 4.69) is 24.3 Å². The molecule has 5 rings (SSSR count). The molecule has 0 bridgehead atoms. The number of thiophene rings is 1. The van der Waals surface area contributed by atoms with Crippen LogP contribution < -0.4 is 10.1 Å². The number of aromatic nitrogens is 5. The zero-order valence-corrected chi connectivity index (χ0v) is 19.2. The van der Waals surface area contributed by atoms with Gasteiger partial charge in [-0.2, -0.15) is 8.75 Å². The number of rotatable bonds is 7. The Morgan fingerprint density at radius 3 is 2.84 bits per heavy atom. The van der Waals surface area contributed by atoms with Gasteiger partial charge in [0, 0.05) is 0 Å². The van der Waals surface area contributed by atoms with Crippen molar-refractivity contribution in [2.75, 3.05) is 18.2 Å². The van der Waals surface area contributed by atoms with Gasteiger partial charge in [0.15, 0.2) is 11.0 Å². The number of benzene rings is 2. The molecule has 3 heterocycles. The highest BCUT2D eigenvalue weighted by molar-refractivity contribution is 7.99. The minimum atomic E-state index is -0.164. The number of nitrogens with zero attached hydrogens (tertiary/aromatic N) is 5. The summed E-state index contributed by atoms with van der Waals surface area (Å²) in [6.07, 6.45) is 0. The second-order valence-electron chi connectivity index (χ2n) is 6.57. The summed E-state index contributed by atoms with van der Waals surface area (Å²) < 4.78 is 16.0. The second-order valence-corrected chi connectivity index (χ2v) is 8.98. The van der Waals surface area contributed by atoms with Gasteiger partial charge in [-0.1, -0.05) is 36.0 Å². The first kappa shape index (κ1) is 20.6. The predicted molar refractivity (Wildman–Crippen MR) is 128 cm³/mol. The van der Waals surface area contributed by atoms with E-state index in [4.69, 9.17) is 4.74 Å². The standard InChI is InChI=1S/C21H16N6O2S3/c1-29-16-9-3-2-8-15(16)27-20(17-10-5-11-30-17)23-24-21(27)31-12-18(28)22-13-6-4-7-14-19(13)26-32-25-14/h2-11H,12H2,1H3,(H,22,28). The number of para-hydroxylation sites is 2. The van der Waals surface area contributed by atoms with Crippen LogP contribution in [0.5, 0.6) is 5.75 Å². The molecule has 11 heteroatoms. The van der Waals surface area contributed by atoms with Crippen molar-refractivity contribution in [3.05, 3.63) is 60.0 Å². The van der Waals surface area contributed by atoms with Crippen LogP contribution in [0, 0.1) is 0 Å². The van der Waals surface area contributed by atoms with Crippen molar-refractivity contribution in [2.45, 2.75) is 5.16 Å². The highest BCUT2D eigenvalue weighted by atomic mass is 32.2. The smallest absolute Gasteiger partial charge is 0.234 e. The van der Waals surface area contributed by atoms with E-state index in [0.717, 1.165) is 27.8 Å². The van der Waals surface area contributed by atoms with Crippen LogP contribution in [0.3, 0.4) is 0 Å². The Morgan fingerprint density at radius 2 is 2.00 bits per heavy atom. The molecular formula is C21H16N6O2S3. The molecular weight excluding hydrogens is 464 g/mol. The lowest BCUT2D eigenvalue weighted by Crippen LogP contribution is -2.15. The molecule has 0 saturated carbocycles. The lowest BCUT2D eigenvalue weighted by atomic mass is 10.2. The molecule has 0 atom stereocenters. The number of fused-ring (bicyclic) bond motifs is 1. The molecule has 0 saturated heterocycles. The van der Waals surface area contributed by atoms with Crippen LogP contribution in [-0.2, 0) is 4.79 Å². The van der Waals surface area contributed by atoms with Gasteiger partial charge in [-0.05, 0) is 35.7 Å². The summed E-state index contributed by atoms with van der Waals surface area (Å²) in [5, 5.41) is 14.3. The lowest BCUT2D eigenvalue weighted by molar-refractivity contribution is -0.113. The van der Waals surface area contributed by atoms with Crippen molar-refractivity contribution < 1.29 is 9.53 Å². The molecule has 0 fully saturated rings. The number of carbonyl (C=O) groups excluding carboxylic acids is 1. The normalized spacial score (nSPS) is 11.0. The minimum Gasteiger partial charge on any atom is -0.495 e. The zero-order valence-electron chi connectivity index (χ0n) is 16.8. The second kappa shape index (κ2) is 9.07. The Kier molecular flexibility index (Phi) is 5.84. The fourth-order valence-corrected chi connectivity index (χ4v) is 5.18. The van der Waals surface area contributed by atoms with Gasteiger partial charge in [-0.3, -0.25) is 9.36 Å². The summed E-state index contributed by atoms with van der Waals surface area (Å²) in [6, 6.07) is 17.2. The third kappa shape index (κ3) is 3.97. The fraction of sp³-hybridized carbons (Fsp3) is 0.0952. The lowest BCUT2D eigenvalue weighted by Gasteiger charge is -2.13. The van der Waals surface area contributed by atoms with Crippen LogP contribution in [0.4, 0.5) is 5.69 Å². The number of amides is 1. The third-order valence-corrected chi connectivity index (χ3v) is 6.93. The monoisotopic (exact) mass is 480 g/mol. The Morgan fingerprint density at radius 1 is 1.09 bits per heavy atom. The Labute approximate surface area is 195 Å². The Bertz CT molecular complexity index is 1380. The van der Waals surface area contributed by atoms with Crippen LogP contribution in [0.2, 0.25) is 0 Å². The molecule has 5 aromatic rings. The summed E-state index contributed by atoms with van der Waals surface area (Å²) in [6.45, 7) is 0. The van der Waals surface area contributed by atoms with E-state index < -0.39 is 0 Å². The molecule has 0 unspecified atom stereocenters. The Balaban J connectivity index is 1.42. The highest BCUT2D eigenvalue weighted by Gasteiger charge is 2.20. The molecule has 3 aromatic heterocycles. The minimum absolute atomic E-state index is 0.158. The van der Waals surface area contributed by atoms with Gasteiger partial charge in [0.05, 0.1) is 40.8 Å². The molecule has 1 amide bonds. The number of anilines is 1. The van der Waals surface area contributed by atoms with Crippen molar-refractivity contribution >= 4 is 57.5 Å². The quantitative estimate of drug-likeness (QED) is 0.336. The molecule has 8 nitrogen and oxygen atoms in total. The molecule has 0 aliphatic carbocycles. The Hall–Kier alpha value is -3.28. The van der Waals surface area contributed by atoms with Crippen molar-refractivity contribution in [2.24, 2.45) is 0 Å². The van der Waals surface area contributed by atoms with Gasteiger partial charge >= 0.3 is 0 Å². The fourth-order valence-electron chi connectivity index (χ4n) is 3.18. The topological polar surface area (TPSA) is 94.8 Å². The number of thioether (sulfide) groups is 1. The third-order valence-electron chi connectivity index (χ3n) is 4.59. The average Bonchev–Trinajstić information content (AvgIpc) is 3.58. The summed E-state index contributed by atoms with van der Waals surface area (Å²) >= 11 is 4.00. The van der Waals surface area contributed by atoms with Gasteiger partial charge < -0.3 is 10.1 Å². The molecule has 2 aromatic carbocycles. The average molecular weight is 481 g/mol. The number of hydrogen-bond acceptors (Lipinski definition) is 9. The van der Waals surface area contributed by atoms with E-state index in [1.165, 1.54) is 11.8 Å². The highest BCUT2D eigenvalue weighted by Crippen LogP contribution is 2.34. The van der Waals surface area contributed by atoms with E-state index in [1.54, 1.807) is 18.4 Å². The first-order chi connectivity index (χ1) is 15.7. The summed E-state index contributed by atoms with van der Waals surface area (Å²) in [4.78, 5) is 13.7. The number of methoxy groups -OCH3 is 1. The number of ether oxygens (including phenoxy) is 1. The van der Waals surface area contributed by atoms with Crippen molar-refractivity contribution in [3.63, 3.8) is 0 Å². The van der Waals surface area contributed by atoms with Crippen LogP contribution >= 0.6 is 34.8 Å². The van der Waals surface area contributed by atoms with E-state index in [1.807, 2.05) is 64.5 Å². The van der Waals surface area contributed by atoms with Crippen molar-refractivity contribution in [3.8, 4) is 22.1 Å². The maximum absolute atomic E-state index is 12.7.